The van der Waals surface area contributed by atoms with Crippen LogP contribution in [-0.2, 0) is 0 Å². The number of hydrogen-bond acceptors (Lipinski definition) is 3. The highest BCUT2D eigenvalue weighted by atomic mass is 15.0. The Bertz CT molecular complexity index is 3930. The fraction of sp³-hybridized carbons (Fsp3) is 0. The van der Waals surface area contributed by atoms with E-state index in [1.54, 1.807) is 0 Å². The van der Waals surface area contributed by atoms with Crippen molar-refractivity contribution in [1.82, 2.24) is 19.5 Å². The molecule has 0 aliphatic rings. The van der Waals surface area contributed by atoms with E-state index in [-0.39, 0.29) is 0 Å². The Balaban J connectivity index is 0.917. The van der Waals surface area contributed by atoms with Gasteiger partial charge in [0.15, 0.2) is 17.5 Å². The molecule has 0 radical (unpaired) electrons. The van der Waals surface area contributed by atoms with E-state index < -0.39 is 0 Å². The van der Waals surface area contributed by atoms with Crippen LogP contribution in [0.4, 0.5) is 0 Å². The number of fused-ring (bicyclic) bond motifs is 9. The van der Waals surface area contributed by atoms with Crippen molar-refractivity contribution in [3.63, 3.8) is 0 Å². The first-order valence-corrected chi connectivity index (χ1v) is 22.8. The molecule has 0 spiro atoms. The summed E-state index contributed by atoms with van der Waals surface area (Å²) in [7, 11) is 0. The standard InChI is InChI=1S/C63H40N4/c1-4-15-41(16-5-1)42-31-35-49(36-32-42)67-58-26-13-12-23-53(58)57-40-48(34-38-59(57)67)47-33-37-55-56(39-47)52-22-11-10-21-51(52)54-25-14-24-50(60(54)55)43-27-29-46(30-28-43)63-65-61(44-17-6-2-7-18-44)64-62(66-63)45-19-8-3-9-20-45/h1-40H. The summed E-state index contributed by atoms with van der Waals surface area (Å²) in [6, 6.07) is 86.7. The van der Waals surface area contributed by atoms with Crippen LogP contribution in [-0.4, -0.2) is 19.5 Å². The number of rotatable bonds is 7. The molecule has 11 aromatic carbocycles. The summed E-state index contributed by atoms with van der Waals surface area (Å²) in [6.07, 6.45) is 0. The molecular weight excluding hydrogens is 813 g/mol. The third-order valence-corrected chi connectivity index (χ3v) is 13.3. The largest absolute Gasteiger partial charge is 0.309 e. The van der Waals surface area contributed by atoms with Crippen molar-refractivity contribution in [2.24, 2.45) is 0 Å². The van der Waals surface area contributed by atoms with E-state index in [1.807, 2.05) is 60.7 Å². The molecule has 0 aliphatic carbocycles. The third-order valence-electron chi connectivity index (χ3n) is 13.3. The fourth-order valence-electron chi connectivity index (χ4n) is 10.0. The van der Waals surface area contributed by atoms with Gasteiger partial charge < -0.3 is 4.57 Å². The van der Waals surface area contributed by atoms with E-state index in [2.05, 4.69) is 187 Å². The van der Waals surface area contributed by atoms with Crippen LogP contribution in [0.1, 0.15) is 0 Å². The van der Waals surface area contributed by atoms with Gasteiger partial charge in [-0.25, -0.2) is 15.0 Å². The lowest BCUT2D eigenvalue weighted by molar-refractivity contribution is 1.07. The molecule has 0 N–H and O–H groups in total. The minimum atomic E-state index is 0.640. The minimum Gasteiger partial charge on any atom is -0.309 e. The molecule has 0 unspecified atom stereocenters. The molecule has 0 fully saturated rings. The van der Waals surface area contributed by atoms with Gasteiger partial charge in [-0.05, 0) is 102 Å². The zero-order chi connectivity index (χ0) is 44.3. The van der Waals surface area contributed by atoms with Crippen molar-refractivity contribution < 1.29 is 0 Å². The first kappa shape index (κ1) is 38.5. The molecule has 2 aromatic heterocycles. The molecule has 0 saturated carbocycles. The van der Waals surface area contributed by atoms with Gasteiger partial charge in [-0.2, -0.15) is 0 Å². The summed E-state index contributed by atoms with van der Waals surface area (Å²) < 4.78 is 2.39. The second kappa shape index (κ2) is 15.9. The van der Waals surface area contributed by atoms with E-state index in [0.717, 1.165) is 27.9 Å². The zero-order valence-corrected chi connectivity index (χ0v) is 36.4. The second-order valence-corrected chi connectivity index (χ2v) is 17.1. The van der Waals surface area contributed by atoms with E-state index >= 15 is 0 Å². The van der Waals surface area contributed by atoms with Gasteiger partial charge in [0.05, 0.1) is 11.0 Å². The Morgan fingerprint density at radius 3 is 1.30 bits per heavy atom. The van der Waals surface area contributed by atoms with E-state index in [1.165, 1.54) is 81.9 Å². The quantitative estimate of drug-likeness (QED) is 0.150. The number of benzene rings is 11. The van der Waals surface area contributed by atoms with Crippen LogP contribution in [0.3, 0.4) is 0 Å². The average molecular weight is 853 g/mol. The van der Waals surface area contributed by atoms with Crippen molar-refractivity contribution >= 4 is 54.1 Å². The highest BCUT2D eigenvalue weighted by Gasteiger charge is 2.18. The summed E-state index contributed by atoms with van der Waals surface area (Å²) in [4.78, 5) is 14.9. The summed E-state index contributed by atoms with van der Waals surface area (Å²) in [5.74, 6) is 1.94. The fourth-order valence-corrected chi connectivity index (χ4v) is 10.0. The molecule has 4 heteroatoms. The number of aromatic nitrogens is 4. The average Bonchev–Trinajstić information content (AvgIpc) is 3.75. The Hall–Kier alpha value is -8.99. The second-order valence-electron chi connectivity index (χ2n) is 17.1. The molecule has 0 atom stereocenters. The van der Waals surface area contributed by atoms with E-state index in [4.69, 9.17) is 15.0 Å². The molecule has 0 aliphatic heterocycles. The lowest BCUT2D eigenvalue weighted by atomic mass is 9.88. The molecule has 13 aromatic rings. The topological polar surface area (TPSA) is 43.6 Å². The molecule has 2 heterocycles. The van der Waals surface area contributed by atoms with Crippen molar-refractivity contribution in [3.05, 3.63) is 243 Å². The molecule has 0 saturated heterocycles. The highest BCUT2D eigenvalue weighted by molar-refractivity contribution is 6.29. The van der Waals surface area contributed by atoms with Crippen LogP contribution in [0, 0.1) is 0 Å². The van der Waals surface area contributed by atoms with Gasteiger partial charge in [-0.3, -0.25) is 0 Å². The summed E-state index contributed by atoms with van der Waals surface area (Å²) in [5, 5.41) is 9.90. The van der Waals surface area contributed by atoms with Gasteiger partial charge in [-0.1, -0.05) is 206 Å². The maximum Gasteiger partial charge on any atom is 0.164 e. The Labute approximate surface area is 387 Å². The van der Waals surface area contributed by atoms with Crippen LogP contribution in [0.25, 0.3) is 127 Å². The summed E-state index contributed by atoms with van der Waals surface area (Å²) >= 11 is 0. The van der Waals surface area contributed by atoms with Gasteiger partial charge in [0.1, 0.15) is 0 Å². The first-order chi connectivity index (χ1) is 33.2. The Morgan fingerprint density at radius 1 is 0.239 bits per heavy atom. The van der Waals surface area contributed by atoms with E-state index in [0.29, 0.717) is 17.5 Å². The predicted molar refractivity (Wildman–Crippen MR) is 279 cm³/mol. The lowest BCUT2D eigenvalue weighted by Gasteiger charge is -2.16. The first-order valence-electron chi connectivity index (χ1n) is 22.8. The number of nitrogens with zero attached hydrogens (tertiary/aromatic N) is 4. The van der Waals surface area contributed by atoms with Gasteiger partial charge in [0, 0.05) is 33.2 Å². The molecule has 4 nitrogen and oxygen atoms in total. The van der Waals surface area contributed by atoms with Crippen LogP contribution in [0.2, 0.25) is 0 Å². The molecule has 67 heavy (non-hydrogen) atoms. The summed E-state index contributed by atoms with van der Waals surface area (Å²) in [5.41, 5.74) is 13.5. The van der Waals surface area contributed by atoms with Crippen molar-refractivity contribution in [2.75, 3.05) is 0 Å². The lowest BCUT2D eigenvalue weighted by Crippen LogP contribution is -2.00. The van der Waals surface area contributed by atoms with Crippen molar-refractivity contribution in [1.29, 1.82) is 0 Å². The zero-order valence-electron chi connectivity index (χ0n) is 36.4. The SMILES string of the molecule is c1ccc(-c2ccc(-n3c4ccccc4c4cc(-c5ccc6c(c5)c5ccccc5c5cccc(-c7ccc(-c8nc(-c9ccccc9)nc(-c9ccccc9)n8)cc7)c56)ccc43)cc2)cc1. The molecule has 312 valence electrons. The monoisotopic (exact) mass is 852 g/mol. The Kier molecular flexibility index (Phi) is 9.14. The molecular formula is C63H40N4. The van der Waals surface area contributed by atoms with Gasteiger partial charge in [0.2, 0.25) is 0 Å². The van der Waals surface area contributed by atoms with Crippen LogP contribution in [0.15, 0.2) is 243 Å². The van der Waals surface area contributed by atoms with Gasteiger partial charge in [-0.15, -0.1) is 0 Å². The maximum atomic E-state index is 5.00. The van der Waals surface area contributed by atoms with Crippen LogP contribution < -0.4 is 0 Å². The van der Waals surface area contributed by atoms with Gasteiger partial charge >= 0.3 is 0 Å². The predicted octanol–water partition coefficient (Wildman–Crippen LogP) is 16.4. The van der Waals surface area contributed by atoms with Crippen molar-refractivity contribution in [2.45, 2.75) is 0 Å². The smallest absolute Gasteiger partial charge is 0.164 e. The highest BCUT2D eigenvalue weighted by Crippen LogP contribution is 2.43. The normalized spacial score (nSPS) is 11.6. The van der Waals surface area contributed by atoms with Crippen molar-refractivity contribution in [3.8, 4) is 73.2 Å². The number of hydrogen-bond donors (Lipinski definition) is 0. The minimum absolute atomic E-state index is 0.640. The summed E-state index contributed by atoms with van der Waals surface area (Å²) in [6.45, 7) is 0. The van der Waals surface area contributed by atoms with Crippen LogP contribution in [0.5, 0.6) is 0 Å². The molecule has 0 bridgehead atoms. The molecule has 13 rings (SSSR count). The van der Waals surface area contributed by atoms with Crippen LogP contribution >= 0.6 is 0 Å². The Morgan fingerprint density at radius 2 is 0.657 bits per heavy atom. The number of para-hydroxylation sites is 1. The maximum absolute atomic E-state index is 5.00. The third kappa shape index (κ3) is 6.65. The van der Waals surface area contributed by atoms with Gasteiger partial charge in [0.25, 0.3) is 0 Å². The van der Waals surface area contributed by atoms with E-state index in [9.17, 15) is 0 Å². The molecule has 0 amide bonds.